The van der Waals surface area contributed by atoms with Gasteiger partial charge in [-0.3, -0.25) is 0 Å². The van der Waals surface area contributed by atoms with Crippen LogP contribution in [0.15, 0.2) is 57.9 Å². The Balaban J connectivity index is 1.72. The smallest absolute Gasteiger partial charge is 0.335 e. The molecule has 27 heavy (non-hydrogen) atoms. The average molecular weight is 389 g/mol. The standard InChI is InChI=1S/C17H15N3O6S/c1-25-13-7-5-11(6-8-13)16-19-15(26-20-16)10-18-27(23,24)14-4-2-3-12(9-14)17(21)22/h2-9,18H,10H2,1H3,(H,21,22). The predicted octanol–water partition coefficient (Wildman–Crippen LogP) is 1.92. The molecule has 2 N–H and O–H groups in total. The van der Waals surface area contributed by atoms with E-state index in [1.165, 1.54) is 18.2 Å². The van der Waals surface area contributed by atoms with Crippen molar-refractivity contribution in [2.24, 2.45) is 0 Å². The second-order valence-corrected chi connectivity index (χ2v) is 7.16. The topological polar surface area (TPSA) is 132 Å². The quantitative estimate of drug-likeness (QED) is 0.626. The van der Waals surface area contributed by atoms with Gasteiger partial charge in [0.15, 0.2) is 0 Å². The molecule has 1 aromatic heterocycles. The average Bonchev–Trinajstić information content (AvgIpc) is 3.16. The van der Waals surface area contributed by atoms with Crippen LogP contribution in [0.3, 0.4) is 0 Å². The van der Waals surface area contributed by atoms with Crippen molar-refractivity contribution in [3.63, 3.8) is 0 Å². The van der Waals surface area contributed by atoms with E-state index in [0.29, 0.717) is 17.1 Å². The maximum atomic E-state index is 12.3. The molecule has 0 aliphatic heterocycles. The summed E-state index contributed by atoms with van der Waals surface area (Å²) in [6.07, 6.45) is 0. The van der Waals surface area contributed by atoms with Gasteiger partial charge in [0, 0.05) is 5.56 Å². The van der Waals surface area contributed by atoms with E-state index in [1.54, 1.807) is 31.4 Å². The van der Waals surface area contributed by atoms with Gasteiger partial charge in [0.25, 0.3) is 0 Å². The molecule has 1 heterocycles. The van der Waals surface area contributed by atoms with Crippen molar-refractivity contribution in [1.29, 1.82) is 0 Å². The molecule has 0 aliphatic rings. The highest BCUT2D eigenvalue weighted by Gasteiger charge is 2.18. The van der Waals surface area contributed by atoms with Gasteiger partial charge in [-0.05, 0) is 42.5 Å². The molecule has 10 heteroatoms. The molecule has 140 valence electrons. The fourth-order valence-corrected chi connectivity index (χ4v) is 3.24. The van der Waals surface area contributed by atoms with Gasteiger partial charge in [-0.15, -0.1) is 0 Å². The number of ether oxygens (including phenoxy) is 1. The van der Waals surface area contributed by atoms with E-state index < -0.39 is 16.0 Å². The van der Waals surface area contributed by atoms with Crippen LogP contribution >= 0.6 is 0 Å². The van der Waals surface area contributed by atoms with Crippen LogP contribution in [0.25, 0.3) is 11.4 Å². The van der Waals surface area contributed by atoms with Gasteiger partial charge in [-0.2, -0.15) is 4.98 Å². The summed E-state index contributed by atoms with van der Waals surface area (Å²) in [5, 5.41) is 12.8. The molecule has 0 aliphatic carbocycles. The van der Waals surface area contributed by atoms with Gasteiger partial charge in [0.05, 0.1) is 24.1 Å². The van der Waals surface area contributed by atoms with Crippen molar-refractivity contribution < 1.29 is 27.6 Å². The number of sulfonamides is 1. The second kappa shape index (κ2) is 7.56. The van der Waals surface area contributed by atoms with Crippen LogP contribution in [0, 0.1) is 0 Å². The summed E-state index contributed by atoms with van der Waals surface area (Å²) in [4.78, 5) is 15.0. The Labute approximate surface area is 154 Å². The lowest BCUT2D eigenvalue weighted by atomic mass is 10.2. The van der Waals surface area contributed by atoms with Gasteiger partial charge >= 0.3 is 5.97 Å². The van der Waals surface area contributed by atoms with Gasteiger partial charge in [-0.1, -0.05) is 11.2 Å². The third kappa shape index (κ3) is 4.30. The first-order chi connectivity index (χ1) is 12.9. The molecule has 0 atom stereocenters. The number of hydrogen-bond donors (Lipinski definition) is 2. The Bertz CT molecular complexity index is 1060. The Morgan fingerprint density at radius 2 is 1.96 bits per heavy atom. The van der Waals surface area contributed by atoms with Crippen LogP contribution in [0.4, 0.5) is 0 Å². The van der Waals surface area contributed by atoms with E-state index in [0.717, 1.165) is 6.07 Å². The van der Waals surface area contributed by atoms with Crippen molar-refractivity contribution in [3.8, 4) is 17.1 Å². The summed E-state index contributed by atoms with van der Waals surface area (Å²) in [6, 6.07) is 12.0. The van der Waals surface area contributed by atoms with Crippen molar-refractivity contribution in [2.45, 2.75) is 11.4 Å². The number of benzene rings is 2. The van der Waals surface area contributed by atoms with Crippen LogP contribution in [0.2, 0.25) is 0 Å². The summed E-state index contributed by atoms with van der Waals surface area (Å²) >= 11 is 0. The number of methoxy groups -OCH3 is 1. The van der Waals surface area contributed by atoms with Gasteiger partial charge in [0.2, 0.25) is 21.7 Å². The van der Waals surface area contributed by atoms with E-state index in [2.05, 4.69) is 14.9 Å². The van der Waals surface area contributed by atoms with E-state index in [-0.39, 0.29) is 22.9 Å². The third-order valence-electron chi connectivity index (χ3n) is 3.62. The van der Waals surface area contributed by atoms with Crippen LogP contribution in [-0.4, -0.2) is 36.7 Å². The maximum absolute atomic E-state index is 12.3. The Morgan fingerprint density at radius 3 is 2.63 bits per heavy atom. The molecule has 0 spiro atoms. The minimum Gasteiger partial charge on any atom is -0.497 e. The first kappa shape index (κ1) is 18.5. The number of carboxylic acids is 1. The summed E-state index contributed by atoms with van der Waals surface area (Å²) < 4.78 is 37.1. The Hall–Kier alpha value is -3.24. The zero-order valence-corrected chi connectivity index (χ0v) is 14.9. The second-order valence-electron chi connectivity index (χ2n) is 5.40. The number of carboxylic acid groups (broad SMARTS) is 1. The molecular formula is C17H15N3O6S. The number of aromatic carboxylic acids is 1. The predicted molar refractivity (Wildman–Crippen MR) is 93.7 cm³/mol. The fourth-order valence-electron chi connectivity index (χ4n) is 2.22. The lowest BCUT2D eigenvalue weighted by Crippen LogP contribution is -2.23. The minimum absolute atomic E-state index is 0.0683. The first-order valence-electron chi connectivity index (χ1n) is 7.69. The Morgan fingerprint density at radius 1 is 1.22 bits per heavy atom. The van der Waals surface area contributed by atoms with Crippen molar-refractivity contribution in [3.05, 3.63) is 60.0 Å². The zero-order chi connectivity index (χ0) is 19.4. The van der Waals surface area contributed by atoms with E-state index >= 15 is 0 Å². The van der Waals surface area contributed by atoms with E-state index in [4.69, 9.17) is 14.4 Å². The summed E-state index contributed by atoms with van der Waals surface area (Å²) in [7, 11) is -2.38. The first-order valence-corrected chi connectivity index (χ1v) is 9.17. The van der Waals surface area contributed by atoms with Crippen molar-refractivity contribution in [1.82, 2.24) is 14.9 Å². The molecule has 0 bridgehead atoms. The molecule has 0 saturated heterocycles. The minimum atomic E-state index is -3.94. The SMILES string of the molecule is COc1ccc(-c2noc(CNS(=O)(=O)c3cccc(C(=O)O)c3)n2)cc1. The molecule has 9 nitrogen and oxygen atoms in total. The van der Waals surface area contributed by atoms with Crippen LogP contribution in [0.1, 0.15) is 16.2 Å². The summed E-state index contributed by atoms with van der Waals surface area (Å²) in [6.45, 7) is -0.233. The largest absolute Gasteiger partial charge is 0.497 e. The molecular weight excluding hydrogens is 374 g/mol. The highest BCUT2D eigenvalue weighted by molar-refractivity contribution is 7.89. The van der Waals surface area contributed by atoms with Gasteiger partial charge in [0.1, 0.15) is 5.75 Å². The van der Waals surface area contributed by atoms with E-state index in [1.807, 2.05) is 0 Å². The van der Waals surface area contributed by atoms with Gasteiger partial charge < -0.3 is 14.4 Å². The maximum Gasteiger partial charge on any atom is 0.335 e. The fraction of sp³-hybridized carbons (Fsp3) is 0.118. The number of aromatic nitrogens is 2. The van der Waals surface area contributed by atoms with Crippen molar-refractivity contribution in [2.75, 3.05) is 7.11 Å². The number of nitrogens with zero attached hydrogens (tertiary/aromatic N) is 2. The van der Waals surface area contributed by atoms with Crippen LogP contribution in [-0.2, 0) is 16.6 Å². The van der Waals surface area contributed by atoms with E-state index in [9.17, 15) is 13.2 Å². The normalized spacial score (nSPS) is 11.3. The number of hydrogen-bond acceptors (Lipinski definition) is 7. The third-order valence-corrected chi connectivity index (χ3v) is 5.02. The van der Waals surface area contributed by atoms with Crippen LogP contribution in [0.5, 0.6) is 5.75 Å². The monoisotopic (exact) mass is 389 g/mol. The summed E-state index contributed by atoms with van der Waals surface area (Å²) in [5.41, 5.74) is 0.556. The molecule has 2 aromatic carbocycles. The van der Waals surface area contributed by atoms with Crippen LogP contribution < -0.4 is 9.46 Å². The van der Waals surface area contributed by atoms with Gasteiger partial charge in [-0.25, -0.2) is 17.9 Å². The number of carbonyl (C=O) groups is 1. The van der Waals surface area contributed by atoms with Crippen molar-refractivity contribution >= 4 is 16.0 Å². The molecule has 0 saturated carbocycles. The molecule has 0 unspecified atom stereocenters. The highest BCUT2D eigenvalue weighted by atomic mass is 32.2. The number of rotatable bonds is 7. The highest BCUT2D eigenvalue weighted by Crippen LogP contribution is 2.20. The lowest BCUT2D eigenvalue weighted by molar-refractivity contribution is 0.0696. The zero-order valence-electron chi connectivity index (χ0n) is 14.1. The lowest BCUT2D eigenvalue weighted by Gasteiger charge is -2.05. The molecule has 0 amide bonds. The molecule has 3 aromatic rings. The molecule has 3 rings (SSSR count). The molecule has 0 radical (unpaired) electrons. The number of nitrogens with one attached hydrogen (secondary N) is 1. The Kier molecular flexibility index (Phi) is 5.19. The summed E-state index contributed by atoms with van der Waals surface area (Å²) in [5.74, 6) is -0.162. The molecule has 0 fully saturated rings.